The van der Waals surface area contributed by atoms with Crippen LogP contribution in [0.2, 0.25) is 0 Å². The topological polar surface area (TPSA) is 107 Å². The first kappa shape index (κ1) is 31.0. The monoisotopic (exact) mass is 763 g/mol. The Balaban J connectivity index is 0.000000163. The van der Waals surface area contributed by atoms with Crippen LogP contribution in [0.5, 0.6) is 0 Å². The Bertz CT molecular complexity index is 1290. The largest absolute Gasteiger partial charge is 3.00 e. The van der Waals surface area contributed by atoms with Gasteiger partial charge in [0, 0.05) is 0 Å². The van der Waals surface area contributed by atoms with Crippen LogP contribution in [0.1, 0.15) is 34.2 Å². The number of aryl methyl sites for hydroxylation is 6. The van der Waals surface area contributed by atoms with Gasteiger partial charge in [0.1, 0.15) is 0 Å². The molecule has 40 heavy (non-hydrogen) atoms. The summed E-state index contributed by atoms with van der Waals surface area (Å²) in [6, 6.07) is 12.1. The zero-order valence-electron chi connectivity index (χ0n) is 24.8. The maximum Gasteiger partial charge on any atom is 3.00 e. The van der Waals surface area contributed by atoms with Crippen molar-refractivity contribution >= 4 is 22.6 Å². The van der Waals surface area contributed by atoms with Gasteiger partial charge in [0.25, 0.3) is 0 Å². The molecule has 0 saturated carbocycles. The molecule has 6 rings (SSSR count). The molecule has 0 fully saturated rings. The molecule has 0 aromatic carbocycles. The molecule has 0 aliphatic heterocycles. The van der Waals surface area contributed by atoms with E-state index in [4.69, 9.17) is 0 Å². The van der Waals surface area contributed by atoms with Gasteiger partial charge >= 0.3 is 31.1 Å². The van der Waals surface area contributed by atoms with Crippen LogP contribution in [0, 0.1) is 72.7 Å². The quantitative estimate of drug-likeness (QED) is 0.226. The summed E-state index contributed by atoms with van der Waals surface area (Å²) in [6.07, 6.45) is 12.0. The Morgan fingerprint density at radius 1 is 0.350 bits per heavy atom. The molecule has 0 unspecified atom stereocenters. The Hall–Kier alpha value is -3.49. The third kappa shape index (κ3) is 9.92. The van der Waals surface area contributed by atoms with Crippen molar-refractivity contribution in [3.05, 3.63) is 108 Å². The predicted octanol–water partition coefficient (Wildman–Crippen LogP) is 0.275. The van der Waals surface area contributed by atoms with Crippen molar-refractivity contribution in [3.8, 4) is 0 Å². The first-order valence-corrected chi connectivity index (χ1v) is 13.5. The average molecular weight is 763 g/mol. The van der Waals surface area contributed by atoms with E-state index in [0.29, 0.717) is 0 Å². The van der Waals surface area contributed by atoms with Crippen LogP contribution in [-0.2, 0) is 0 Å². The second kappa shape index (κ2) is 14.8. The summed E-state index contributed by atoms with van der Waals surface area (Å²) >= 11 is 0. The normalized spacial score (nSPS) is 10.3. The molecule has 0 amide bonds. The van der Waals surface area contributed by atoms with Gasteiger partial charge in [-0.1, -0.05) is 0 Å². The van der Waals surface area contributed by atoms with Crippen molar-refractivity contribution in [2.24, 2.45) is 0 Å². The van der Waals surface area contributed by atoms with Crippen LogP contribution >= 0.6 is 0 Å². The van der Waals surface area contributed by atoms with Gasteiger partial charge in [-0.2, -0.15) is 0 Å². The van der Waals surface area contributed by atoms with Gasteiger partial charge in [0.2, 0.25) is 0 Å². The fourth-order valence-electron chi connectivity index (χ4n) is 4.49. The van der Waals surface area contributed by atoms with E-state index in [0.717, 1.165) is 34.2 Å². The van der Waals surface area contributed by atoms with Gasteiger partial charge in [0.15, 0.2) is 22.6 Å². The zero-order valence-corrected chi connectivity index (χ0v) is 29.0. The van der Waals surface area contributed by atoms with Crippen LogP contribution in [-0.4, -0.2) is 80.8 Å². The van der Waals surface area contributed by atoms with E-state index in [-0.39, 0.29) is 31.1 Å². The van der Waals surface area contributed by atoms with E-state index in [2.05, 4.69) is 30.6 Å². The van der Waals surface area contributed by atoms with Crippen molar-refractivity contribution in [1.29, 1.82) is 0 Å². The van der Waals surface area contributed by atoms with E-state index in [1.807, 2.05) is 143 Å². The number of hydrogen-bond donors (Lipinski definition) is 0. The minimum absolute atomic E-state index is 0. The molecule has 0 atom stereocenters. The Morgan fingerprint density at radius 3 is 0.600 bits per heavy atom. The van der Waals surface area contributed by atoms with Crippen LogP contribution < -0.4 is 0 Å². The van der Waals surface area contributed by atoms with Crippen molar-refractivity contribution in [1.82, 2.24) is 58.1 Å². The summed E-state index contributed by atoms with van der Waals surface area (Å²) < 4.78 is 11.9. The van der Waals surface area contributed by atoms with Crippen LogP contribution in [0.15, 0.2) is 73.6 Å². The van der Waals surface area contributed by atoms with Gasteiger partial charge < -0.3 is 27.6 Å². The van der Waals surface area contributed by atoms with E-state index in [1.54, 1.807) is 0 Å². The smallest absolute Gasteiger partial charge is 0.428 e. The SMILES string of the molecule is Cc1ccn([BH2-]n2ccc(C)n2)n1.Cc1ccn([BH2-]n2ccc(C)n2)n1.Cc1ccn([BH2-]n2ccc(C)n2)n1.[U+3]. The minimum Gasteiger partial charge on any atom is -0.428 e. The summed E-state index contributed by atoms with van der Waals surface area (Å²) in [7, 11) is -1.37. The van der Waals surface area contributed by atoms with Crippen molar-refractivity contribution < 1.29 is 31.1 Å². The van der Waals surface area contributed by atoms with Gasteiger partial charge in [-0.25, -0.2) is 30.6 Å². The number of hydrogen-bond acceptors (Lipinski definition) is 6. The molecule has 205 valence electrons. The molecule has 6 aromatic rings. The standard InChI is InChI=1S/3C8H12BN4.U/c3*1-7-3-5-12(10-7)9-13-6-4-8(2)11-13;/h3*3-6H,9H2,1-2H3;/q3*-1;+3. The first-order valence-electron chi connectivity index (χ1n) is 13.5. The molecule has 0 bridgehead atoms. The maximum atomic E-state index is 4.33. The molecular weight excluding hydrogens is 727 g/mol. The third-order valence-corrected chi connectivity index (χ3v) is 6.31. The molecule has 12 nitrogen and oxygen atoms in total. The summed E-state index contributed by atoms with van der Waals surface area (Å²) in [5, 5.41) is 26.0. The third-order valence-electron chi connectivity index (χ3n) is 6.31. The van der Waals surface area contributed by atoms with Crippen molar-refractivity contribution in [3.63, 3.8) is 0 Å². The van der Waals surface area contributed by atoms with Gasteiger partial charge in [-0.05, 0) is 115 Å². The van der Waals surface area contributed by atoms with Crippen LogP contribution in [0.4, 0.5) is 0 Å². The summed E-state index contributed by atoms with van der Waals surface area (Å²) in [4.78, 5) is 0. The summed E-state index contributed by atoms with van der Waals surface area (Å²) in [6.45, 7) is 12.0. The molecule has 16 heteroatoms. The van der Waals surface area contributed by atoms with Crippen LogP contribution in [0.3, 0.4) is 0 Å². The van der Waals surface area contributed by atoms with Gasteiger partial charge in [0.05, 0.1) is 34.2 Å². The fraction of sp³-hybridized carbons (Fsp3) is 0.250. The molecule has 0 spiro atoms. The number of aromatic nitrogens is 12. The molecule has 0 N–H and O–H groups in total. The van der Waals surface area contributed by atoms with E-state index in [9.17, 15) is 0 Å². The van der Waals surface area contributed by atoms with E-state index >= 15 is 0 Å². The molecule has 1 radical (unpaired) electrons. The summed E-state index contributed by atoms with van der Waals surface area (Å²) in [5.74, 6) is 0. The van der Waals surface area contributed by atoms with Crippen LogP contribution in [0.25, 0.3) is 0 Å². The van der Waals surface area contributed by atoms with E-state index in [1.165, 1.54) is 0 Å². The molecule has 6 heterocycles. The maximum absolute atomic E-state index is 4.33. The molecule has 0 saturated heterocycles. The molecule has 0 aliphatic rings. The Kier molecular flexibility index (Phi) is 11.5. The number of nitrogens with zero attached hydrogens (tertiary/aromatic N) is 12. The van der Waals surface area contributed by atoms with E-state index < -0.39 is 22.6 Å². The predicted molar refractivity (Wildman–Crippen MR) is 160 cm³/mol. The average Bonchev–Trinajstić information content (AvgIpc) is 3.72. The van der Waals surface area contributed by atoms with Gasteiger partial charge in [-0.15, -0.1) is 0 Å². The minimum atomic E-state index is -0.455. The molecule has 0 aliphatic carbocycles. The zero-order chi connectivity index (χ0) is 27.8. The molecule has 6 aromatic heterocycles. The second-order valence-electron chi connectivity index (χ2n) is 10.4. The Morgan fingerprint density at radius 2 is 0.500 bits per heavy atom. The van der Waals surface area contributed by atoms with Crippen molar-refractivity contribution in [2.75, 3.05) is 0 Å². The first-order chi connectivity index (χ1) is 18.7. The second-order valence-corrected chi connectivity index (χ2v) is 10.4. The number of rotatable bonds is 6. The molecular formula is C24H36B3N12U. The fourth-order valence-corrected chi connectivity index (χ4v) is 4.49. The summed E-state index contributed by atoms with van der Waals surface area (Å²) in [5.41, 5.74) is 6.38. The van der Waals surface area contributed by atoms with Crippen molar-refractivity contribution in [2.45, 2.75) is 41.5 Å². The van der Waals surface area contributed by atoms with Gasteiger partial charge in [-0.3, -0.25) is 0 Å². The Labute approximate surface area is 260 Å².